The van der Waals surface area contributed by atoms with Crippen molar-refractivity contribution in [3.05, 3.63) is 46.8 Å². The van der Waals surface area contributed by atoms with E-state index < -0.39 is 0 Å². The third-order valence-corrected chi connectivity index (χ3v) is 3.16. The second kappa shape index (κ2) is 2.81. The lowest BCUT2D eigenvalue weighted by Crippen LogP contribution is -2.20. The van der Waals surface area contributed by atoms with E-state index in [1.807, 2.05) is 0 Å². The van der Waals surface area contributed by atoms with Gasteiger partial charge < -0.3 is 0 Å². The Kier molecular flexibility index (Phi) is 1.60. The van der Waals surface area contributed by atoms with Crippen LogP contribution in [-0.4, -0.2) is 4.98 Å². The zero-order chi connectivity index (χ0) is 9.54. The van der Waals surface area contributed by atoms with Gasteiger partial charge in [-0.15, -0.1) is 0 Å². The Morgan fingerprint density at radius 3 is 3.14 bits per heavy atom. The SMILES string of the molecule is Cc1nc2cc3c1C(C/C=C/C=C2)C3. The van der Waals surface area contributed by atoms with Gasteiger partial charge in [-0.3, -0.25) is 4.98 Å². The molecule has 2 aliphatic carbocycles. The number of hydrogen-bond donors (Lipinski definition) is 0. The quantitative estimate of drug-likeness (QED) is 0.602. The predicted octanol–water partition coefficient (Wildman–Crippen LogP) is 3.00. The maximum atomic E-state index is 4.59. The molecule has 1 heteroatoms. The number of aryl methyl sites for hydroxylation is 1. The van der Waals surface area contributed by atoms with Crippen LogP contribution in [0.5, 0.6) is 0 Å². The number of fused-ring (bicyclic) bond motifs is 3. The van der Waals surface area contributed by atoms with Crippen LogP contribution in [0.25, 0.3) is 6.08 Å². The van der Waals surface area contributed by atoms with E-state index in [0.717, 1.165) is 11.6 Å². The van der Waals surface area contributed by atoms with E-state index in [1.165, 1.54) is 29.7 Å². The summed E-state index contributed by atoms with van der Waals surface area (Å²) < 4.78 is 0. The van der Waals surface area contributed by atoms with Gasteiger partial charge in [0.15, 0.2) is 0 Å². The Morgan fingerprint density at radius 1 is 1.36 bits per heavy atom. The largest absolute Gasteiger partial charge is 0.253 e. The molecule has 4 bridgehead atoms. The zero-order valence-electron chi connectivity index (χ0n) is 8.33. The van der Waals surface area contributed by atoms with Gasteiger partial charge in [-0.05, 0) is 49.0 Å². The van der Waals surface area contributed by atoms with Gasteiger partial charge in [0.2, 0.25) is 0 Å². The van der Waals surface area contributed by atoms with E-state index in [0.29, 0.717) is 0 Å². The fourth-order valence-electron chi connectivity index (χ4n) is 2.50. The van der Waals surface area contributed by atoms with E-state index in [-0.39, 0.29) is 0 Å². The van der Waals surface area contributed by atoms with Crippen LogP contribution < -0.4 is 0 Å². The smallest absolute Gasteiger partial charge is 0.0635 e. The Morgan fingerprint density at radius 2 is 2.29 bits per heavy atom. The minimum Gasteiger partial charge on any atom is -0.253 e. The fourth-order valence-corrected chi connectivity index (χ4v) is 2.50. The lowest BCUT2D eigenvalue weighted by Gasteiger charge is -2.31. The molecule has 0 N–H and O–H groups in total. The predicted molar refractivity (Wildman–Crippen MR) is 58.2 cm³/mol. The van der Waals surface area contributed by atoms with Crippen LogP contribution in [0.4, 0.5) is 0 Å². The molecule has 1 aromatic heterocycles. The van der Waals surface area contributed by atoms with Crippen LogP contribution in [-0.2, 0) is 6.42 Å². The van der Waals surface area contributed by atoms with Crippen LogP contribution in [0.3, 0.4) is 0 Å². The molecule has 1 aliphatic heterocycles. The van der Waals surface area contributed by atoms with Crippen LogP contribution in [0, 0.1) is 6.92 Å². The van der Waals surface area contributed by atoms with E-state index in [9.17, 15) is 0 Å². The van der Waals surface area contributed by atoms with Crippen molar-refractivity contribution < 1.29 is 0 Å². The number of allylic oxidation sites excluding steroid dienone is 3. The summed E-state index contributed by atoms with van der Waals surface area (Å²) in [6, 6.07) is 2.23. The van der Waals surface area contributed by atoms with Gasteiger partial charge in [0, 0.05) is 5.69 Å². The first-order valence-electron chi connectivity index (χ1n) is 5.18. The van der Waals surface area contributed by atoms with Crippen molar-refractivity contribution >= 4 is 6.08 Å². The molecule has 0 radical (unpaired) electrons. The van der Waals surface area contributed by atoms with Crippen molar-refractivity contribution in [3.63, 3.8) is 0 Å². The molecule has 0 aromatic carbocycles. The highest BCUT2D eigenvalue weighted by atomic mass is 14.7. The highest BCUT2D eigenvalue weighted by Crippen LogP contribution is 2.40. The molecule has 2 heterocycles. The normalized spacial score (nSPS) is 24.5. The molecule has 0 amide bonds. The molecule has 14 heavy (non-hydrogen) atoms. The number of pyridine rings is 1. The minimum absolute atomic E-state index is 0.731. The average Bonchev–Trinajstić information content (AvgIpc) is 2.13. The molecule has 0 spiro atoms. The van der Waals surface area contributed by atoms with Crippen molar-refractivity contribution in [1.29, 1.82) is 0 Å². The minimum atomic E-state index is 0.731. The topological polar surface area (TPSA) is 12.9 Å². The van der Waals surface area contributed by atoms with Gasteiger partial charge in [-0.25, -0.2) is 0 Å². The number of nitrogens with zero attached hydrogens (tertiary/aromatic N) is 1. The van der Waals surface area contributed by atoms with E-state index in [4.69, 9.17) is 0 Å². The molecule has 0 saturated carbocycles. The second-order valence-corrected chi connectivity index (χ2v) is 4.13. The average molecular weight is 183 g/mol. The Hall–Kier alpha value is -1.37. The lowest BCUT2D eigenvalue weighted by atomic mass is 9.74. The van der Waals surface area contributed by atoms with E-state index in [1.54, 1.807) is 0 Å². The van der Waals surface area contributed by atoms with Gasteiger partial charge in [0.1, 0.15) is 0 Å². The van der Waals surface area contributed by atoms with E-state index >= 15 is 0 Å². The summed E-state index contributed by atoms with van der Waals surface area (Å²) in [6.45, 7) is 2.13. The molecule has 1 aromatic rings. The van der Waals surface area contributed by atoms with Crippen LogP contribution in [0.15, 0.2) is 24.3 Å². The maximum absolute atomic E-state index is 4.59. The summed E-state index contributed by atoms with van der Waals surface area (Å²) in [5, 5.41) is 0. The maximum Gasteiger partial charge on any atom is 0.0635 e. The summed E-state index contributed by atoms with van der Waals surface area (Å²) in [6.07, 6.45) is 11.0. The first-order valence-corrected chi connectivity index (χ1v) is 5.18. The summed E-state index contributed by atoms with van der Waals surface area (Å²) in [4.78, 5) is 4.59. The van der Waals surface area contributed by atoms with Gasteiger partial charge >= 0.3 is 0 Å². The molecular weight excluding hydrogens is 170 g/mol. The first-order chi connectivity index (χ1) is 6.84. The third-order valence-electron chi connectivity index (χ3n) is 3.16. The van der Waals surface area contributed by atoms with E-state index in [2.05, 4.69) is 42.3 Å². The Bertz CT molecular complexity index is 424. The molecule has 1 atom stereocenters. The Labute approximate surface area is 84.2 Å². The van der Waals surface area contributed by atoms with Crippen molar-refractivity contribution in [2.24, 2.45) is 0 Å². The standard InChI is InChI=1S/C13H13N/c1-9-13-10-5-3-2-4-6-12(14-9)8-11(13)7-10/h2-4,6,8,10H,5,7H2,1H3/b3-2+,6-4?. The number of rotatable bonds is 0. The molecule has 3 aliphatic rings. The highest BCUT2D eigenvalue weighted by molar-refractivity contribution is 5.54. The van der Waals surface area contributed by atoms with Crippen LogP contribution >= 0.6 is 0 Å². The van der Waals surface area contributed by atoms with Gasteiger partial charge in [0.25, 0.3) is 0 Å². The third kappa shape index (κ3) is 1.05. The van der Waals surface area contributed by atoms with Crippen molar-refractivity contribution in [2.45, 2.75) is 25.7 Å². The zero-order valence-corrected chi connectivity index (χ0v) is 8.33. The lowest BCUT2D eigenvalue weighted by molar-refractivity contribution is 0.603. The monoisotopic (exact) mass is 183 g/mol. The summed E-state index contributed by atoms with van der Waals surface area (Å²) in [5.41, 5.74) is 5.35. The second-order valence-electron chi connectivity index (χ2n) is 4.13. The molecule has 70 valence electrons. The molecule has 0 saturated heterocycles. The highest BCUT2D eigenvalue weighted by Gasteiger charge is 2.28. The van der Waals surface area contributed by atoms with Crippen molar-refractivity contribution in [1.82, 2.24) is 4.98 Å². The number of hydrogen-bond acceptors (Lipinski definition) is 1. The molecular formula is C13H13N. The van der Waals surface area contributed by atoms with Crippen LogP contribution in [0.1, 0.15) is 34.9 Å². The molecule has 1 unspecified atom stereocenters. The summed E-state index contributed by atoms with van der Waals surface area (Å²) in [5.74, 6) is 0.731. The first kappa shape index (κ1) is 7.98. The van der Waals surface area contributed by atoms with Crippen molar-refractivity contribution in [3.8, 4) is 0 Å². The van der Waals surface area contributed by atoms with Crippen LogP contribution in [0.2, 0.25) is 0 Å². The van der Waals surface area contributed by atoms with Gasteiger partial charge in [0.05, 0.1) is 5.69 Å². The number of aromatic nitrogens is 1. The fraction of sp³-hybridized carbons (Fsp3) is 0.308. The van der Waals surface area contributed by atoms with Gasteiger partial charge in [-0.2, -0.15) is 0 Å². The molecule has 4 rings (SSSR count). The van der Waals surface area contributed by atoms with Crippen molar-refractivity contribution in [2.75, 3.05) is 0 Å². The van der Waals surface area contributed by atoms with Gasteiger partial charge in [-0.1, -0.05) is 18.2 Å². The molecule has 0 fully saturated rings. The summed E-state index contributed by atoms with van der Waals surface area (Å²) >= 11 is 0. The Balaban J connectivity index is 2.21. The summed E-state index contributed by atoms with van der Waals surface area (Å²) in [7, 11) is 0. The molecule has 1 nitrogen and oxygen atoms in total.